The van der Waals surface area contributed by atoms with Crippen LogP contribution in [0.5, 0.6) is 5.88 Å². The van der Waals surface area contributed by atoms with E-state index in [0.717, 1.165) is 10.0 Å². The van der Waals surface area contributed by atoms with Crippen molar-refractivity contribution in [2.75, 3.05) is 26.1 Å². The highest BCUT2D eigenvalue weighted by molar-refractivity contribution is 7.16. The van der Waals surface area contributed by atoms with Crippen LogP contribution in [0.4, 0.5) is 5.13 Å². The molecule has 21 heavy (non-hydrogen) atoms. The van der Waals surface area contributed by atoms with E-state index in [9.17, 15) is 4.79 Å². The Morgan fingerprint density at radius 1 is 1.33 bits per heavy atom. The summed E-state index contributed by atoms with van der Waals surface area (Å²) >= 11 is 1.43. The van der Waals surface area contributed by atoms with Gasteiger partial charge >= 0.3 is 5.97 Å². The number of methoxy groups -OCH3 is 1. The van der Waals surface area contributed by atoms with Crippen LogP contribution < -0.4 is 9.64 Å². The highest BCUT2D eigenvalue weighted by atomic mass is 32.1. The first-order valence-corrected chi connectivity index (χ1v) is 7.29. The highest BCUT2D eigenvalue weighted by Gasteiger charge is 2.32. The standard InChI is InChI=1S/C14H19N3O3S/c1-14(2,3)12-15-8(11(18)20-12)7-9-10(19-6)16-13(21-9)17(4)5/h7H,1-6H3/b8-7+. The van der Waals surface area contributed by atoms with Crippen LogP contribution in [0.3, 0.4) is 0 Å². The van der Waals surface area contributed by atoms with Crippen LogP contribution in [-0.2, 0) is 9.53 Å². The summed E-state index contributed by atoms with van der Waals surface area (Å²) in [4.78, 5) is 23.1. The van der Waals surface area contributed by atoms with Gasteiger partial charge in [0.05, 0.1) is 12.0 Å². The van der Waals surface area contributed by atoms with Crippen molar-refractivity contribution in [2.45, 2.75) is 20.8 Å². The third kappa shape index (κ3) is 3.24. The van der Waals surface area contributed by atoms with Gasteiger partial charge in [-0.25, -0.2) is 9.79 Å². The summed E-state index contributed by atoms with van der Waals surface area (Å²) in [6, 6.07) is 0. The van der Waals surface area contributed by atoms with E-state index in [0.29, 0.717) is 11.8 Å². The Balaban J connectivity index is 2.40. The Bertz CT molecular complexity index is 624. The topological polar surface area (TPSA) is 64.0 Å². The molecule has 2 heterocycles. The molecule has 1 aliphatic rings. The molecule has 0 saturated heterocycles. The van der Waals surface area contributed by atoms with Crippen LogP contribution in [-0.4, -0.2) is 38.1 Å². The fourth-order valence-corrected chi connectivity index (χ4v) is 2.48. The number of hydrogen-bond donors (Lipinski definition) is 0. The normalized spacial score (nSPS) is 17.0. The van der Waals surface area contributed by atoms with E-state index < -0.39 is 5.97 Å². The van der Waals surface area contributed by atoms with Crippen molar-refractivity contribution in [3.8, 4) is 5.88 Å². The monoisotopic (exact) mass is 309 g/mol. The summed E-state index contributed by atoms with van der Waals surface area (Å²) in [6.07, 6.45) is 1.66. The lowest BCUT2D eigenvalue weighted by Crippen LogP contribution is -2.21. The molecule has 0 unspecified atom stereocenters. The molecule has 0 amide bonds. The maximum absolute atomic E-state index is 11.9. The van der Waals surface area contributed by atoms with Crippen molar-refractivity contribution >= 4 is 34.4 Å². The zero-order valence-electron chi connectivity index (χ0n) is 13.1. The highest BCUT2D eigenvalue weighted by Crippen LogP contribution is 2.34. The maximum atomic E-state index is 11.9. The summed E-state index contributed by atoms with van der Waals surface area (Å²) in [7, 11) is 5.34. The second-order valence-electron chi connectivity index (χ2n) is 5.85. The van der Waals surface area contributed by atoms with E-state index in [1.807, 2.05) is 39.8 Å². The molecule has 1 aromatic rings. The Labute approximate surface area is 128 Å². The average Bonchev–Trinajstić information content (AvgIpc) is 2.94. The molecule has 6 nitrogen and oxygen atoms in total. The van der Waals surface area contributed by atoms with E-state index in [1.165, 1.54) is 11.3 Å². The summed E-state index contributed by atoms with van der Waals surface area (Å²) < 4.78 is 10.5. The number of aliphatic imine (C=N–C) groups is 1. The molecule has 0 aromatic carbocycles. The van der Waals surface area contributed by atoms with Gasteiger partial charge in [-0.2, -0.15) is 4.98 Å². The predicted molar refractivity (Wildman–Crippen MR) is 84.0 cm³/mol. The van der Waals surface area contributed by atoms with Gasteiger partial charge in [-0.1, -0.05) is 32.1 Å². The molecular weight excluding hydrogens is 290 g/mol. The van der Waals surface area contributed by atoms with Crippen molar-refractivity contribution in [3.63, 3.8) is 0 Å². The predicted octanol–water partition coefficient (Wildman–Crippen LogP) is 2.56. The Kier molecular flexibility index (Phi) is 4.04. The molecule has 2 rings (SSSR count). The van der Waals surface area contributed by atoms with Gasteiger partial charge in [0.2, 0.25) is 11.8 Å². The first-order valence-electron chi connectivity index (χ1n) is 6.47. The van der Waals surface area contributed by atoms with Gasteiger partial charge in [0.15, 0.2) is 10.8 Å². The molecule has 114 valence electrons. The molecule has 0 saturated carbocycles. The minimum Gasteiger partial charge on any atom is -0.480 e. The lowest BCUT2D eigenvalue weighted by Gasteiger charge is -2.15. The van der Waals surface area contributed by atoms with Crippen molar-refractivity contribution in [1.82, 2.24) is 4.98 Å². The number of ether oxygens (including phenoxy) is 2. The van der Waals surface area contributed by atoms with Crippen LogP contribution in [0.2, 0.25) is 0 Å². The Morgan fingerprint density at radius 2 is 2.00 bits per heavy atom. The summed E-state index contributed by atoms with van der Waals surface area (Å²) in [5, 5.41) is 0.796. The zero-order valence-corrected chi connectivity index (χ0v) is 13.9. The molecule has 0 radical (unpaired) electrons. The fraction of sp³-hybridized carbons (Fsp3) is 0.500. The van der Waals surface area contributed by atoms with Crippen molar-refractivity contribution in [1.29, 1.82) is 0 Å². The third-order valence-corrected chi connectivity index (χ3v) is 3.87. The number of carbonyl (C=O) groups excluding carboxylic acids is 1. The van der Waals surface area contributed by atoms with Gasteiger partial charge in [-0.15, -0.1) is 0 Å². The van der Waals surface area contributed by atoms with Crippen LogP contribution in [0, 0.1) is 5.41 Å². The quantitative estimate of drug-likeness (QED) is 0.634. The lowest BCUT2D eigenvalue weighted by molar-refractivity contribution is -0.130. The Morgan fingerprint density at radius 3 is 2.48 bits per heavy atom. The molecule has 1 aromatic heterocycles. The van der Waals surface area contributed by atoms with E-state index in [2.05, 4.69) is 9.98 Å². The van der Waals surface area contributed by atoms with Crippen LogP contribution in [0.15, 0.2) is 10.7 Å². The van der Waals surface area contributed by atoms with Gasteiger partial charge in [0.25, 0.3) is 0 Å². The number of rotatable bonds is 3. The first kappa shape index (κ1) is 15.5. The van der Waals surface area contributed by atoms with Crippen molar-refractivity contribution in [2.24, 2.45) is 10.4 Å². The van der Waals surface area contributed by atoms with E-state index in [1.54, 1.807) is 13.2 Å². The minimum atomic E-state index is -0.443. The number of nitrogens with zero attached hydrogens (tertiary/aromatic N) is 3. The van der Waals surface area contributed by atoms with E-state index in [4.69, 9.17) is 9.47 Å². The zero-order chi connectivity index (χ0) is 15.8. The largest absolute Gasteiger partial charge is 0.480 e. The molecule has 0 fully saturated rings. The van der Waals surface area contributed by atoms with Crippen LogP contribution >= 0.6 is 11.3 Å². The molecule has 0 atom stereocenters. The van der Waals surface area contributed by atoms with Crippen LogP contribution in [0.25, 0.3) is 6.08 Å². The average molecular weight is 309 g/mol. The second-order valence-corrected chi connectivity index (χ2v) is 6.86. The minimum absolute atomic E-state index is 0.271. The number of aromatic nitrogens is 1. The summed E-state index contributed by atoms with van der Waals surface area (Å²) in [5.41, 5.74) is -0.0372. The smallest absolute Gasteiger partial charge is 0.363 e. The molecule has 7 heteroatoms. The molecular formula is C14H19N3O3S. The third-order valence-electron chi connectivity index (χ3n) is 2.72. The number of anilines is 1. The maximum Gasteiger partial charge on any atom is 0.363 e. The molecule has 0 spiro atoms. The van der Waals surface area contributed by atoms with E-state index >= 15 is 0 Å². The summed E-state index contributed by atoms with van der Waals surface area (Å²) in [5.74, 6) is 0.459. The number of esters is 1. The van der Waals surface area contributed by atoms with E-state index in [-0.39, 0.29) is 11.1 Å². The number of cyclic esters (lactones) is 1. The molecule has 0 N–H and O–H groups in total. The lowest BCUT2D eigenvalue weighted by atomic mass is 9.97. The van der Waals surface area contributed by atoms with Gasteiger partial charge < -0.3 is 14.4 Å². The molecule has 0 bridgehead atoms. The van der Waals surface area contributed by atoms with Crippen molar-refractivity contribution in [3.05, 3.63) is 10.6 Å². The molecule has 0 aliphatic carbocycles. The van der Waals surface area contributed by atoms with Gasteiger partial charge in [-0.3, -0.25) is 0 Å². The summed E-state index contributed by atoms with van der Waals surface area (Å²) in [6.45, 7) is 5.83. The van der Waals surface area contributed by atoms with Gasteiger partial charge in [0.1, 0.15) is 0 Å². The van der Waals surface area contributed by atoms with Gasteiger partial charge in [-0.05, 0) is 6.08 Å². The number of carbonyl (C=O) groups is 1. The SMILES string of the molecule is COc1nc(N(C)C)sc1/C=C1/N=C(C(C)(C)C)OC1=O. The second kappa shape index (κ2) is 5.48. The fourth-order valence-electron chi connectivity index (χ4n) is 1.59. The number of hydrogen-bond acceptors (Lipinski definition) is 7. The van der Waals surface area contributed by atoms with Gasteiger partial charge in [0, 0.05) is 19.5 Å². The Hall–Kier alpha value is -1.89. The van der Waals surface area contributed by atoms with Crippen LogP contribution in [0.1, 0.15) is 25.6 Å². The van der Waals surface area contributed by atoms with Crippen molar-refractivity contribution < 1.29 is 14.3 Å². The molecule has 1 aliphatic heterocycles. The first-order chi connectivity index (χ1) is 9.72. The number of thiazole rings is 1.